The summed E-state index contributed by atoms with van der Waals surface area (Å²) in [7, 11) is 0. The van der Waals surface area contributed by atoms with Crippen LogP contribution in [0.1, 0.15) is 23.4 Å². The number of aromatic nitrogens is 1. The fourth-order valence-electron chi connectivity index (χ4n) is 2.53. The lowest BCUT2D eigenvalue weighted by Gasteiger charge is -2.09. The Morgan fingerprint density at radius 1 is 1.16 bits per heavy atom. The smallest absolute Gasteiger partial charge is 0.224 e. The molecule has 1 N–H and O–H groups in total. The predicted octanol–water partition coefficient (Wildman–Crippen LogP) is 4.67. The van der Waals surface area contributed by atoms with Gasteiger partial charge in [-0.05, 0) is 43.2 Å². The normalized spacial score (nSPS) is 10.7. The first-order chi connectivity index (χ1) is 12.0. The van der Waals surface area contributed by atoms with E-state index in [0.717, 1.165) is 16.8 Å². The number of halogens is 1. The van der Waals surface area contributed by atoms with Gasteiger partial charge in [0.2, 0.25) is 5.91 Å². The lowest BCUT2D eigenvalue weighted by molar-refractivity contribution is -0.116. The lowest BCUT2D eigenvalue weighted by Crippen LogP contribution is -2.13. The number of oxazole rings is 1. The molecule has 1 heterocycles. The van der Waals surface area contributed by atoms with E-state index < -0.39 is 0 Å². The van der Waals surface area contributed by atoms with Gasteiger partial charge in [-0.1, -0.05) is 24.3 Å². The molecule has 1 amide bonds. The Morgan fingerprint density at radius 3 is 2.76 bits per heavy atom. The van der Waals surface area contributed by atoms with E-state index in [2.05, 4.69) is 10.3 Å². The monoisotopic (exact) mass is 338 g/mol. The van der Waals surface area contributed by atoms with Crippen molar-refractivity contribution in [2.45, 2.75) is 26.7 Å². The molecule has 0 aliphatic carbocycles. The quantitative estimate of drug-likeness (QED) is 0.735. The molecule has 5 heteroatoms. The molecule has 0 spiro atoms. The van der Waals surface area contributed by atoms with Gasteiger partial charge in [0, 0.05) is 18.5 Å². The lowest BCUT2D eigenvalue weighted by atomic mass is 10.1. The predicted molar refractivity (Wildman–Crippen MR) is 94.8 cm³/mol. The summed E-state index contributed by atoms with van der Waals surface area (Å²) in [5, 5.41) is 2.90. The average Bonchev–Trinajstić information content (AvgIpc) is 3.06. The average molecular weight is 338 g/mol. The Hall–Kier alpha value is -2.95. The fraction of sp³-hybridized carbons (Fsp3) is 0.200. The van der Waals surface area contributed by atoms with Crippen LogP contribution in [0.4, 0.5) is 10.1 Å². The third-order valence-electron chi connectivity index (χ3n) is 4.14. The summed E-state index contributed by atoms with van der Waals surface area (Å²) in [5.41, 5.74) is 3.35. The van der Waals surface area contributed by atoms with Gasteiger partial charge in [0.15, 0.2) is 11.7 Å². The van der Waals surface area contributed by atoms with Crippen molar-refractivity contribution in [3.8, 4) is 11.3 Å². The molecular formula is C20H19FN2O2. The van der Waals surface area contributed by atoms with Crippen molar-refractivity contribution < 1.29 is 13.6 Å². The maximum Gasteiger partial charge on any atom is 0.224 e. The van der Waals surface area contributed by atoms with Crippen molar-refractivity contribution >= 4 is 11.6 Å². The zero-order valence-corrected chi connectivity index (χ0v) is 14.2. The molecular weight excluding hydrogens is 319 g/mol. The second-order valence-corrected chi connectivity index (χ2v) is 5.89. The van der Waals surface area contributed by atoms with E-state index in [4.69, 9.17) is 4.42 Å². The Kier molecular flexibility index (Phi) is 4.93. The van der Waals surface area contributed by atoms with Crippen molar-refractivity contribution in [3.63, 3.8) is 0 Å². The van der Waals surface area contributed by atoms with Crippen LogP contribution in [0, 0.1) is 19.7 Å². The number of benzene rings is 2. The van der Waals surface area contributed by atoms with Crippen LogP contribution in [0.5, 0.6) is 0 Å². The maximum absolute atomic E-state index is 13.8. The summed E-state index contributed by atoms with van der Waals surface area (Å²) in [5.74, 6) is 0.301. The van der Waals surface area contributed by atoms with Crippen molar-refractivity contribution in [1.82, 2.24) is 4.98 Å². The summed E-state index contributed by atoms with van der Waals surface area (Å²) in [4.78, 5) is 16.3. The molecule has 0 unspecified atom stereocenters. The van der Waals surface area contributed by atoms with E-state index in [-0.39, 0.29) is 18.1 Å². The zero-order chi connectivity index (χ0) is 17.8. The minimum absolute atomic E-state index is 0.112. The molecule has 3 rings (SSSR count). The molecule has 3 aromatic rings. The summed E-state index contributed by atoms with van der Waals surface area (Å²) >= 11 is 0. The van der Waals surface area contributed by atoms with E-state index in [0.29, 0.717) is 23.6 Å². The summed E-state index contributed by atoms with van der Waals surface area (Å²) in [6, 6.07) is 12.1. The number of anilines is 1. The molecule has 2 aromatic carbocycles. The fourth-order valence-corrected chi connectivity index (χ4v) is 2.53. The largest absolute Gasteiger partial charge is 0.441 e. The van der Waals surface area contributed by atoms with Crippen LogP contribution in [0.25, 0.3) is 11.3 Å². The minimum atomic E-state index is -0.363. The van der Waals surface area contributed by atoms with E-state index in [9.17, 15) is 9.18 Å². The number of amides is 1. The third-order valence-corrected chi connectivity index (χ3v) is 4.14. The van der Waals surface area contributed by atoms with Gasteiger partial charge in [-0.3, -0.25) is 4.79 Å². The van der Waals surface area contributed by atoms with Gasteiger partial charge in [-0.25, -0.2) is 9.37 Å². The van der Waals surface area contributed by atoms with Gasteiger partial charge in [-0.2, -0.15) is 0 Å². The van der Waals surface area contributed by atoms with Crippen molar-refractivity contribution in [3.05, 3.63) is 71.5 Å². The highest BCUT2D eigenvalue weighted by Gasteiger charge is 2.12. The van der Waals surface area contributed by atoms with Crippen LogP contribution in [0.2, 0.25) is 0 Å². The van der Waals surface area contributed by atoms with E-state index in [1.165, 1.54) is 12.3 Å². The highest BCUT2D eigenvalue weighted by molar-refractivity contribution is 5.91. The SMILES string of the molecule is Cc1cccc(NC(=O)CCc2ncc(-c3ccccc3F)o2)c1C. The first kappa shape index (κ1) is 16.9. The molecule has 1 aromatic heterocycles. The molecule has 0 aliphatic heterocycles. The molecule has 0 aliphatic rings. The van der Waals surface area contributed by atoms with Crippen LogP contribution < -0.4 is 5.32 Å². The van der Waals surface area contributed by atoms with E-state index in [1.54, 1.807) is 18.2 Å². The van der Waals surface area contributed by atoms with Crippen LogP contribution >= 0.6 is 0 Å². The van der Waals surface area contributed by atoms with Crippen molar-refractivity contribution in [2.75, 3.05) is 5.32 Å². The summed E-state index contributed by atoms with van der Waals surface area (Å²) in [6.45, 7) is 3.97. The van der Waals surface area contributed by atoms with Gasteiger partial charge < -0.3 is 9.73 Å². The summed E-state index contributed by atoms with van der Waals surface area (Å²) in [6.07, 6.45) is 2.08. The number of nitrogens with one attached hydrogen (secondary N) is 1. The van der Waals surface area contributed by atoms with Crippen molar-refractivity contribution in [2.24, 2.45) is 0 Å². The maximum atomic E-state index is 13.8. The van der Waals surface area contributed by atoms with Gasteiger partial charge in [0.1, 0.15) is 5.82 Å². The third kappa shape index (κ3) is 3.94. The van der Waals surface area contributed by atoms with Crippen LogP contribution in [-0.4, -0.2) is 10.9 Å². The minimum Gasteiger partial charge on any atom is -0.441 e. The molecule has 0 radical (unpaired) electrons. The Labute approximate surface area is 145 Å². The number of carbonyl (C=O) groups is 1. The molecule has 25 heavy (non-hydrogen) atoms. The second kappa shape index (κ2) is 7.30. The number of hydrogen-bond acceptors (Lipinski definition) is 3. The van der Waals surface area contributed by atoms with Crippen molar-refractivity contribution in [1.29, 1.82) is 0 Å². The standard InChI is InChI=1S/C20H19FN2O2/c1-13-6-5-9-17(14(13)2)23-19(24)10-11-20-22-12-18(25-20)15-7-3-4-8-16(15)21/h3-9,12H,10-11H2,1-2H3,(H,23,24). The number of aryl methyl sites for hydroxylation is 2. The number of hydrogen-bond donors (Lipinski definition) is 1. The summed E-state index contributed by atoms with van der Waals surface area (Å²) < 4.78 is 19.3. The van der Waals surface area contributed by atoms with E-state index in [1.807, 2.05) is 32.0 Å². The van der Waals surface area contributed by atoms with E-state index >= 15 is 0 Å². The topological polar surface area (TPSA) is 55.1 Å². The molecule has 0 fully saturated rings. The highest BCUT2D eigenvalue weighted by atomic mass is 19.1. The number of carbonyl (C=O) groups excluding carboxylic acids is 1. The van der Waals surface area contributed by atoms with Crippen LogP contribution in [-0.2, 0) is 11.2 Å². The highest BCUT2D eigenvalue weighted by Crippen LogP contribution is 2.24. The number of nitrogens with zero attached hydrogens (tertiary/aromatic N) is 1. The second-order valence-electron chi connectivity index (χ2n) is 5.89. The zero-order valence-electron chi connectivity index (χ0n) is 14.2. The molecule has 0 saturated carbocycles. The number of rotatable bonds is 5. The molecule has 0 bridgehead atoms. The Balaban J connectivity index is 1.62. The first-order valence-electron chi connectivity index (χ1n) is 8.10. The molecule has 128 valence electrons. The van der Waals surface area contributed by atoms with Crippen LogP contribution in [0.15, 0.2) is 53.1 Å². The Bertz CT molecular complexity index is 902. The Morgan fingerprint density at radius 2 is 1.96 bits per heavy atom. The molecule has 0 saturated heterocycles. The first-order valence-corrected chi connectivity index (χ1v) is 8.10. The van der Waals surface area contributed by atoms with Gasteiger partial charge in [0.05, 0.1) is 11.8 Å². The van der Waals surface area contributed by atoms with Gasteiger partial charge in [-0.15, -0.1) is 0 Å². The van der Waals surface area contributed by atoms with Gasteiger partial charge >= 0.3 is 0 Å². The molecule has 0 atom stereocenters. The van der Waals surface area contributed by atoms with Gasteiger partial charge in [0.25, 0.3) is 0 Å². The molecule has 4 nitrogen and oxygen atoms in total. The van der Waals surface area contributed by atoms with Crippen LogP contribution in [0.3, 0.4) is 0 Å².